The van der Waals surface area contributed by atoms with E-state index in [1.807, 2.05) is 0 Å². The predicted octanol–water partition coefficient (Wildman–Crippen LogP) is 3.29. The summed E-state index contributed by atoms with van der Waals surface area (Å²) in [5.74, 6) is 2.39. The lowest BCUT2D eigenvalue weighted by Gasteiger charge is -2.35. The third-order valence-corrected chi connectivity index (χ3v) is 4.24. The van der Waals surface area contributed by atoms with Gasteiger partial charge in [-0.3, -0.25) is 10.1 Å². The maximum absolute atomic E-state index is 11.3. The molecule has 1 aliphatic heterocycles. The fraction of sp³-hybridized carbons (Fsp3) is 0.667. The van der Waals surface area contributed by atoms with Crippen molar-refractivity contribution in [3.8, 4) is 0 Å². The SMILES string of the molecule is CCCNc1ccc([N+](=O)[O-])c(N2CCC(C)C(C)C2)n1. The average Bonchev–Trinajstić information content (AvgIpc) is 2.47. The molecule has 1 saturated heterocycles. The standard InChI is InChI=1S/C15H24N4O2/c1-4-8-16-14-6-5-13(19(20)21)15(17-14)18-9-7-11(2)12(3)10-18/h5-6,11-12H,4,7-10H2,1-3H3,(H,16,17). The first-order chi connectivity index (χ1) is 10.0. The van der Waals surface area contributed by atoms with Crippen LogP contribution in [0.2, 0.25) is 0 Å². The fourth-order valence-electron chi connectivity index (χ4n) is 2.62. The van der Waals surface area contributed by atoms with E-state index in [1.54, 1.807) is 12.1 Å². The highest BCUT2D eigenvalue weighted by molar-refractivity contribution is 5.62. The molecule has 2 heterocycles. The van der Waals surface area contributed by atoms with Crippen LogP contribution in [0.25, 0.3) is 0 Å². The molecule has 1 aliphatic rings. The van der Waals surface area contributed by atoms with E-state index in [1.165, 1.54) is 0 Å². The number of rotatable bonds is 5. The summed E-state index contributed by atoms with van der Waals surface area (Å²) in [6.07, 6.45) is 2.04. The molecule has 0 saturated carbocycles. The van der Waals surface area contributed by atoms with E-state index in [9.17, 15) is 10.1 Å². The van der Waals surface area contributed by atoms with E-state index in [2.05, 4.69) is 36.0 Å². The highest BCUT2D eigenvalue weighted by Gasteiger charge is 2.28. The van der Waals surface area contributed by atoms with E-state index < -0.39 is 0 Å². The molecule has 0 aliphatic carbocycles. The van der Waals surface area contributed by atoms with Crippen LogP contribution < -0.4 is 10.2 Å². The number of piperidine rings is 1. The summed E-state index contributed by atoms with van der Waals surface area (Å²) in [5.41, 5.74) is 0.0961. The zero-order valence-corrected chi connectivity index (χ0v) is 13.0. The molecule has 1 fully saturated rings. The monoisotopic (exact) mass is 292 g/mol. The van der Waals surface area contributed by atoms with Crippen molar-refractivity contribution in [1.82, 2.24) is 4.98 Å². The third-order valence-electron chi connectivity index (χ3n) is 4.24. The van der Waals surface area contributed by atoms with Crippen molar-refractivity contribution < 1.29 is 4.92 Å². The molecular weight excluding hydrogens is 268 g/mol. The van der Waals surface area contributed by atoms with Gasteiger partial charge in [0.1, 0.15) is 5.82 Å². The molecule has 2 rings (SSSR count). The summed E-state index contributed by atoms with van der Waals surface area (Å²) in [5, 5.41) is 14.5. The molecule has 0 bridgehead atoms. The van der Waals surface area contributed by atoms with Gasteiger partial charge in [0.25, 0.3) is 0 Å². The molecule has 1 aromatic heterocycles. The molecule has 6 heteroatoms. The van der Waals surface area contributed by atoms with Crippen molar-refractivity contribution in [2.45, 2.75) is 33.6 Å². The van der Waals surface area contributed by atoms with Gasteiger partial charge in [0, 0.05) is 25.7 Å². The molecule has 6 nitrogen and oxygen atoms in total. The van der Waals surface area contributed by atoms with Gasteiger partial charge < -0.3 is 10.2 Å². The van der Waals surface area contributed by atoms with Gasteiger partial charge in [-0.2, -0.15) is 0 Å². The van der Waals surface area contributed by atoms with Crippen LogP contribution in [-0.4, -0.2) is 29.5 Å². The van der Waals surface area contributed by atoms with Gasteiger partial charge in [0.2, 0.25) is 5.82 Å². The van der Waals surface area contributed by atoms with Gasteiger partial charge in [-0.1, -0.05) is 20.8 Å². The highest BCUT2D eigenvalue weighted by Crippen LogP contribution is 2.32. The molecule has 0 radical (unpaired) electrons. The number of nitro groups is 1. The summed E-state index contributed by atoms with van der Waals surface area (Å²) >= 11 is 0. The maximum Gasteiger partial charge on any atom is 0.311 e. The van der Waals surface area contributed by atoms with Crippen molar-refractivity contribution in [2.24, 2.45) is 11.8 Å². The second-order valence-electron chi connectivity index (χ2n) is 5.91. The molecule has 0 amide bonds. The Bertz CT molecular complexity index is 506. The minimum absolute atomic E-state index is 0.0961. The minimum atomic E-state index is -0.339. The van der Waals surface area contributed by atoms with Crippen molar-refractivity contribution in [3.05, 3.63) is 22.2 Å². The van der Waals surface area contributed by atoms with Crippen LogP contribution in [0.15, 0.2) is 12.1 Å². The molecule has 2 unspecified atom stereocenters. The lowest BCUT2D eigenvalue weighted by molar-refractivity contribution is -0.384. The van der Waals surface area contributed by atoms with Crippen LogP contribution in [0.3, 0.4) is 0 Å². The number of nitrogens with one attached hydrogen (secondary N) is 1. The highest BCUT2D eigenvalue weighted by atomic mass is 16.6. The molecular formula is C15H24N4O2. The zero-order chi connectivity index (χ0) is 15.4. The number of anilines is 2. The quantitative estimate of drug-likeness (QED) is 0.666. The molecule has 2 atom stereocenters. The molecule has 21 heavy (non-hydrogen) atoms. The van der Waals surface area contributed by atoms with Gasteiger partial charge in [0.15, 0.2) is 0 Å². The Morgan fingerprint density at radius 3 is 2.81 bits per heavy atom. The van der Waals surface area contributed by atoms with Crippen molar-refractivity contribution in [1.29, 1.82) is 0 Å². The van der Waals surface area contributed by atoms with Gasteiger partial charge in [-0.25, -0.2) is 4.98 Å². The second kappa shape index (κ2) is 6.74. The molecule has 1 aromatic rings. The summed E-state index contributed by atoms with van der Waals surface area (Å²) in [6.45, 7) is 8.98. The van der Waals surface area contributed by atoms with Gasteiger partial charge in [-0.05, 0) is 30.7 Å². The Hall–Kier alpha value is -1.85. The minimum Gasteiger partial charge on any atom is -0.370 e. The van der Waals surface area contributed by atoms with E-state index in [0.29, 0.717) is 23.5 Å². The van der Waals surface area contributed by atoms with Crippen molar-refractivity contribution in [2.75, 3.05) is 29.9 Å². The molecule has 116 valence electrons. The average molecular weight is 292 g/mol. The van der Waals surface area contributed by atoms with Gasteiger partial charge in [0.05, 0.1) is 4.92 Å². The Labute approximate surface area is 125 Å². The van der Waals surface area contributed by atoms with Gasteiger partial charge in [-0.15, -0.1) is 0 Å². The number of hydrogen-bond donors (Lipinski definition) is 1. The Morgan fingerprint density at radius 1 is 1.43 bits per heavy atom. The number of hydrogen-bond acceptors (Lipinski definition) is 5. The Morgan fingerprint density at radius 2 is 2.19 bits per heavy atom. The normalized spacial score (nSPS) is 22.1. The second-order valence-corrected chi connectivity index (χ2v) is 5.91. The zero-order valence-electron chi connectivity index (χ0n) is 13.0. The van der Waals surface area contributed by atoms with E-state index >= 15 is 0 Å². The van der Waals surface area contributed by atoms with Crippen molar-refractivity contribution >= 4 is 17.3 Å². The summed E-state index contributed by atoms with van der Waals surface area (Å²) < 4.78 is 0. The summed E-state index contributed by atoms with van der Waals surface area (Å²) in [7, 11) is 0. The van der Waals surface area contributed by atoms with E-state index in [-0.39, 0.29) is 10.6 Å². The smallest absolute Gasteiger partial charge is 0.311 e. The molecule has 0 aromatic carbocycles. The van der Waals surface area contributed by atoms with Crippen LogP contribution in [0.4, 0.5) is 17.3 Å². The lowest BCUT2D eigenvalue weighted by atomic mass is 9.88. The van der Waals surface area contributed by atoms with Gasteiger partial charge >= 0.3 is 5.69 Å². The first kappa shape index (κ1) is 15.5. The first-order valence-corrected chi connectivity index (χ1v) is 7.67. The van der Waals surface area contributed by atoms with Crippen LogP contribution >= 0.6 is 0 Å². The number of aromatic nitrogens is 1. The Balaban J connectivity index is 2.27. The topological polar surface area (TPSA) is 71.3 Å². The van der Waals surface area contributed by atoms with Crippen molar-refractivity contribution in [3.63, 3.8) is 0 Å². The van der Waals surface area contributed by atoms with E-state index in [0.717, 1.165) is 32.5 Å². The summed E-state index contributed by atoms with van der Waals surface area (Å²) in [4.78, 5) is 17.5. The largest absolute Gasteiger partial charge is 0.370 e. The maximum atomic E-state index is 11.3. The van der Waals surface area contributed by atoms with Crippen LogP contribution in [0.1, 0.15) is 33.6 Å². The molecule has 0 spiro atoms. The van der Waals surface area contributed by atoms with Crippen LogP contribution in [-0.2, 0) is 0 Å². The van der Waals surface area contributed by atoms with Crippen LogP contribution in [0, 0.1) is 22.0 Å². The van der Waals surface area contributed by atoms with Crippen LogP contribution in [0.5, 0.6) is 0 Å². The summed E-state index contributed by atoms with van der Waals surface area (Å²) in [6, 6.07) is 3.25. The lowest BCUT2D eigenvalue weighted by Crippen LogP contribution is -2.39. The predicted molar refractivity (Wildman–Crippen MR) is 84.8 cm³/mol. The number of nitrogens with zero attached hydrogens (tertiary/aromatic N) is 3. The third kappa shape index (κ3) is 3.62. The fourth-order valence-corrected chi connectivity index (χ4v) is 2.62. The number of pyridine rings is 1. The first-order valence-electron chi connectivity index (χ1n) is 7.67. The molecule has 1 N–H and O–H groups in total. The van der Waals surface area contributed by atoms with E-state index in [4.69, 9.17) is 0 Å². The Kier molecular flexibility index (Phi) is 4.98.